The first-order valence-corrected chi connectivity index (χ1v) is 9.78. The summed E-state index contributed by atoms with van der Waals surface area (Å²) in [6.45, 7) is 4.29. The molecule has 0 atom stereocenters. The van der Waals surface area contributed by atoms with E-state index in [-0.39, 0.29) is 23.6 Å². The molecule has 1 saturated heterocycles. The summed E-state index contributed by atoms with van der Waals surface area (Å²) in [7, 11) is -3.51. The molecule has 1 aliphatic rings. The molecule has 0 radical (unpaired) electrons. The summed E-state index contributed by atoms with van der Waals surface area (Å²) in [6.07, 6.45) is 0.00706. The number of carbonyl (C=O) groups is 1. The van der Waals surface area contributed by atoms with Crippen molar-refractivity contribution in [3.63, 3.8) is 0 Å². The summed E-state index contributed by atoms with van der Waals surface area (Å²) in [4.78, 5) is 13.7. The van der Waals surface area contributed by atoms with Crippen LogP contribution in [0.4, 0.5) is 0 Å². The van der Waals surface area contributed by atoms with E-state index in [9.17, 15) is 13.2 Å². The van der Waals surface area contributed by atoms with Crippen molar-refractivity contribution in [3.05, 3.63) is 29.3 Å². The van der Waals surface area contributed by atoms with E-state index in [0.29, 0.717) is 37.7 Å². The van der Waals surface area contributed by atoms with Gasteiger partial charge in [0.1, 0.15) is 6.61 Å². The lowest BCUT2D eigenvalue weighted by atomic mass is 10.3. The van der Waals surface area contributed by atoms with Gasteiger partial charge in [-0.3, -0.25) is 9.69 Å². The molecule has 1 fully saturated rings. The van der Waals surface area contributed by atoms with Gasteiger partial charge in [-0.25, -0.2) is 8.42 Å². The van der Waals surface area contributed by atoms with Gasteiger partial charge in [-0.2, -0.15) is 4.31 Å². The molecule has 138 valence electrons. The molecule has 1 aromatic rings. The predicted molar refractivity (Wildman–Crippen MR) is 95.6 cm³/mol. The molecule has 0 unspecified atom stereocenters. The number of nitrogens with one attached hydrogen (secondary N) is 1. The van der Waals surface area contributed by atoms with Crippen molar-refractivity contribution < 1.29 is 17.9 Å². The van der Waals surface area contributed by atoms with Crippen LogP contribution in [-0.4, -0.2) is 68.6 Å². The van der Waals surface area contributed by atoms with E-state index < -0.39 is 16.0 Å². The maximum absolute atomic E-state index is 12.6. The molecular weight excluding hydrogens is 366 g/mol. The van der Waals surface area contributed by atoms with Crippen molar-refractivity contribution >= 4 is 33.3 Å². The fourth-order valence-corrected chi connectivity index (χ4v) is 4.05. The summed E-state index contributed by atoms with van der Waals surface area (Å²) < 4.78 is 31.7. The van der Waals surface area contributed by atoms with E-state index >= 15 is 0 Å². The smallest absolute Gasteiger partial charge is 0.311 e. The molecular formula is C16H22ClN3O4S. The Morgan fingerprint density at radius 1 is 1.20 bits per heavy atom. The number of hydrogen-bond donors (Lipinski definition) is 1. The van der Waals surface area contributed by atoms with Crippen molar-refractivity contribution in [2.75, 3.05) is 39.3 Å². The summed E-state index contributed by atoms with van der Waals surface area (Å²) in [5.74, 6) is -0.406. The molecule has 1 aromatic carbocycles. The Morgan fingerprint density at radius 3 is 2.36 bits per heavy atom. The number of nitrogens with zero attached hydrogens (tertiary/aromatic N) is 2. The van der Waals surface area contributed by atoms with E-state index in [2.05, 4.69) is 4.90 Å². The third-order valence-corrected chi connectivity index (χ3v) is 6.03. The molecule has 1 aliphatic heterocycles. The number of ether oxygens (including phenoxy) is 1. The van der Waals surface area contributed by atoms with E-state index in [1.165, 1.54) is 16.4 Å². The monoisotopic (exact) mass is 387 g/mol. The highest BCUT2D eigenvalue weighted by Crippen LogP contribution is 2.19. The molecule has 9 heteroatoms. The highest BCUT2D eigenvalue weighted by molar-refractivity contribution is 7.89. The van der Waals surface area contributed by atoms with Gasteiger partial charge in [-0.1, -0.05) is 11.6 Å². The fourth-order valence-electron chi connectivity index (χ4n) is 2.51. The van der Waals surface area contributed by atoms with Crippen LogP contribution >= 0.6 is 11.6 Å². The second-order valence-electron chi connectivity index (χ2n) is 5.88. The van der Waals surface area contributed by atoms with Gasteiger partial charge < -0.3 is 10.1 Å². The summed E-state index contributed by atoms with van der Waals surface area (Å²) >= 11 is 5.80. The average molecular weight is 388 g/mol. The third-order valence-electron chi connectivity index (χ3n) is 3.86. The van der Waals surface area contributed by atoms with Gasteiger partial charge in [-0.15, -0.1) is 0 Å². The minimum atomic E-state index is -3.51. The van der Waals surface area contributed by atoms with Gasteiger partial charge in [0.05, 0.1) is 11.3 Å². The van der Waals surface area contributed by atoms with Crippen LogP contribution in [0.15, 0.2) is 29.2 Å². The van der Waals surface area contributed by atoms with Gasteiger partial charge in [0.2, 0.25) is 10.0 Å². The van der Waals surface area contributed by atoms with Gasteiger partial charge >= 0.3 is 5.97 Å². The van der Waals surface area contributed by atoms with Gasteiger partial charge in [0.15, 0.2) is 0 Å². The molecule has 0 bridgehead atoms. The summed E-state index contributed by atoms with van der Waals surface area (Å²) in [5, 5.41) is 7.74. The number of rotatable bonds is 7. The highest BCUT2D eigenvalue weighted by atomic mass is 35.5. The first-order chi connectivity index (χ1) is 11.8. The van der Waals surface area contributed by atoms with Crippen molar-refractivity contribution in [1.82, 2.24) is 9.21 Å². The van der Waals surface area contributed by atoms with E-state index in [1.54, 1.807) is 19.1 Å². The van der Waals surface area contributed by atoms with E-state index in [1.807, 2.05) is 0 Å². The van der Waals surface area contributed by atoms with Crippen molar-refractivity contribution in [2.45, 2.75) is 18.2 Å². The minimum absolute atomic E-state index is 0.00706. The molecule has 1 heterocycles. The minimum Gasteiger partial charge on any atom is -0.464 e. The van der Waals surface area contributed by atoms with E-state index in [4.69, 9.17) is 21.7 Å². The number of piperazine rings is 1. The lowest BCUT2D eigenvalue weighted by Gasteiger charge is -2.33. The predicted octanol–water partition coefficient (Wildman–Crippen LogP) is 1.62. The van der Waals surface area contributed by atoms with Crippen molar-refractivity contribution in [1.29, 1.82) is 5.41 Å². The molecule has 0 aromatic heterocycles. The van der Waals surface area contributed by atoms with Crippen LogP contribution in [0.25, 0.3) is 0 Å². The molecule has 0 spiro atoms. The molecule has 25 heavy (non-hydrogen) atoms. The maximum Gasteiger partial charge on any atom is 0.311 e. The Labute approximate surface area is 153 Å². The van der Waals surface area contributed by atoms with Crippen LogP contribution in [0, 0.1) is 5.41 Å². The number of sulfonamides is 1. The topological polar surface area (TPSA) is 90.8 Å². The Morgan fingerprint density at radius 2 is 1.80 bits per heavy atom. The van der Waals surface area contributed by atoms with Gasteiger partial charge in [0.25, 0.3) is 0 Å². The molecule has 1 N–H and O–H groups in total. The second kappa shape index (κ2) is 8.75. The highest BCUT2D eigenvalue weighted by Gasteiger charge is 2.28. The molecule has 0 aliphatic carbocycles. The lowest BCUT2D eigenvalue weighted by Crippen LogP contribution is -2.49. The SMILES string of the molecule is CC(=N)CC(=O)OCCN1CCN(S(=O)(=O)c2ccc(Cl)cc2)CC1. The number of esters is 1. The number of halogens is 1. The fraction of sp³-hybridized carbons (Fsp3) is 0.500. The number of benzene rings is 1. The standard InChI is InChI=1S/C16H22ClN3O4S/c1-13(18)12-16(21)24-11-10-19-6-8-20(9-7-19)25(22,23)15-4-2-14(17)3-5-15/h2-5,18H,6-12H2,1H3. The summed E-state index contributed by atoms with van der Waals surface area (Å²) in [5.41, 5.74) is 0.269. The van der Waals surface area contributed by atoms with Gasteiger partial charge in [-0.05, 0) is 31.2 Å². The Bertz CT molecular complexity index is 713. The molecule has 0 saturated carbocycles. The zero-order valence-electron chi connectivity index (χ0n) is 14.1. The Hall–Kier alpha value is -1.48. The third kappa shape index (κ3) is 5.78. The van der Waals surface area contributed by atoms with E-state index in [0.717, 1.165) is 0 Å². The molecule has 7 nitrogen and oxygen atoms in total. The van der Waals surface area contributed by atoms with Crippen molar-refractivity contribution in [2.24, 2.45) is 0 Å². The van der Waals surface area contributed by atoms with Crippen molar-refractivity contribution in [3.8, 4) is 0 Å². The molecule has 0 amide bonds. The second-order valence-corrected chi connectivity index (χ2v) is 8.25. The van der Waals surface area contributed by atoms with Crippen LogP contribution < -0.4 is 0 Å². The van der Waals surface area contributed by atoms with Crippen LogP contribution in [0.3, 0.4) is 0 Å². The maximum atomic E-state index is 12.6. The normalized spacial score (nSPS) is 16.6. The zero-order chi connectivity index (χ0) is 18.4. The largest absolute Gasteiger partial charge is 0.464 e. The first kappa shape index (κ1) is 19.8. The van der Waals surface area contributed by atoms with Crippen LogP contribution in [0.5, 0.6) is 0 Å². The Balaban J connectivity index is 1.80. The first-order valence-electron chi connectivity index (χ1n) is 7.97. The number of carbonyl (C=O) groups excluding carboxylic acids is 1. The Kier molecular flexibility index (Phi) is 6.95. The molecule has 2 rings (SSSR count). The number of hydrogen-bond acceptors (Lipinski definition) is 6. The average Bonchev–Trinajstić information content (AvgIpc) is 2.55. The lowest BCUT2D eigenvalue weighted by molar-refractivity contribution is -0.142. The summed E-state index contributed by atoms with van der Waals surface area (Å²) in [6, 6.07) is 6.15. The quantitative estimate of drug-likeness (QED) is 0.567. The van der Waals surface area contributed by atoms with Gasteiger partial charge in [0, 0.05) is 43.5 Å². The van der Waals surface area contributed by atoms with Crippen LogP contribution in [0.1, 0.15) is 13.3 Å². The zero-order valence-corrected chi connectivity index (χ0v) is 15.6. The van der Waals surface area contributed by atoms with Crippen LogP contribution in [0.2, 0.25) is 5.02 Å². The van der Waals surface area contributed by atoms with Crippen LogP contribution in [-0.2, 0) is 19.6 Å².